The highest BCUT2D eigenvalue weighted by Crippen LogP contribution is 2.35. The van der Waals surface area contributed by atoms with Crippen molar-refractivity contribution in [3.8, 4) is 0 Å². The molecule has 1 aliphatic heterocycles. The molecule has 1 aliphatic rings. The molecular formula is C15H17NO4. The van der Waals surface area contributed by atoms with Gasteiger partial charge in [-0.05, 0) is 24.1 Å². The topological polar surface area (TPSA) is 74.7 Å². The summed E-state index contributed by atoms with van der Waals surface area (Å²) in [5.41, 5.74) is 0.762. The molecule has 1 aromatic rings. The number of hydrogen-bond donors (Lipinski definition) is 1. The van der Waals surface area contributed by atoms with Gasteiger partial charge in [-0.15, -0.1) is 0 Å². The van der Waals surface area contributed by atoms with Crippen LogP contribution in [0.25, 0.3) is 0 Å². The van der Waals surface area contributed by atoms with E-state index in [0.29, 0.717) is 12.1 Å². The predicted octanol–water partition coefficient (Wildman–Crippen LogP) is 1.99. The van der Waals surface area contributed by atoms with E-state index in [-0.39, 0.29) is 24.7 Å². The van der Waals surface area contributed by atoms with E-state index in [1.54, 1.807) is 38.1 Å². The number of carbonyl (C=O) groups is 3. The summed E-state index contributed by atoms with van der Waals surface area (Å²) in [4.78, 5) is 35.8. The molecule has 1 heterocycles. The Labute approximate surface area is 117 Å². The molecule has 1 fully saturated rings. The summed E-state index contributed by atoms with van der Waals surface area (Å²) in [5.74, 6) is -1.24. The summed E-state index contributed by atoms with van der Waals surface area (Å²) in [6, 6.07) is 6.89. The van der Waals surface area contributed by atoms with E-state index >= 15 is 0 Å². The Balaban J connectivity index is 2.16. The van der Waals surface area contributed by atoms with Gasteiger partial charge in [0.1, 0.15) is 0 Å². The molecule has 0 aliphatic carbocycles. The zero-order chi connectivity index (χ0) is 14.9. The molecule has 1 N–H and O–H groups in total. The number of imide groups is 1. The Morgan fingerprint density at radius 2 is 1.85 bits per heavy atom. The Morgan fingerprint density at radius 3 is 2.30 bits per heavy atom. The number of nitrogens with zero attached hydrogens (tertiary/aromatic N) is 1. The molecule has 2 rings (SSSR count). The normalized spacial score (nSPS) is 17.6. The average molecular weight is 275 g/mol. The number of anilines is 1. The molecule has 5 nitrogen and oxygen atoms in total. The fraction of sp³-hybridized carbons (Fsp3) is 0.400. The van der Waals surface area contributed by atoms with Crippen LogP contribution in [0.1, 0.15) is 32.3 Å². The first kappa shape index (κ1) is 14.2. The van der Waals surface area contributed by atoms with Gasteiger partial charge in [-0.25, -0.2) is 0 Å². The number of hydrogen-bond acceptors (Lipinski definition) is 3. The number of carboxylic acids is 1. The summed E-state index contributed by atoms with van der Waals surface area (Å²) >= 11 is 0. The summed E-state index contributed by atoms with van der Waals surface area (Å²) < 4.78 is 0. The molecule has 1 aromatic carbocycles. The van der Waals surface area contributed by atoms with Crippen molar-refractivity contribution < 1.29 is 19.5 Å². The lowest BCUT2D eigenvalue weighted by molar-refractivity contribution is -0.137. The number of aryl methyl sites for hydroxylation is 1. The molecule has 0 aromatic heterocycles. The number of aliphatic carboxylic acids is 1. The number of carbonyl (C=O) groups excluding carboxylic acids is 2. The molecule has 0 bridgehead atoms. The largest absolute Gasteiger partial charge is 0.481 e. The van der Waals surface area contributed by atoms with Crippen molar-refractivity contribution >= 4 is 23.5 Å². The summed E-state index contributed by atoms with van der Waals surface area (Å²) in [5, 5.41) is 8.63. The van der Waals surface area contributed by atoms with E-state index in [2.05, 4.69) is 0 Å². The summed E-state index contributed by atoms with van der Waals surface area (Å²) in [6.45, 7) is 3.52. The van der Waals surface area contributed by atoms with Crippen molar-refractivity contribution in [1.82, 2.24) is 0 Å². The lowest BCUT2D eigenvalue weighted by Gasteiger charge is -2.18. The molecule has 0 saturated carbocycles. The summed E-state index contributed by atoms with van der Waals surface area (Å²) in [7, 11) is 0. The van der Waals surface area contributed by atoms with Crippen molar-refractivity contribution in [3.63, 3.8) is 0 Å². The van der Waals surface area contributed by atoms with Crippen LogP contribution in [0, 0.1) is 5.41 Å². The van der Waals surface area contributed by atoms with Crippen LogP contribution in [0.15, 0.2) is 24.3 Å². The lowest BCUT2D eigenvalue weighted by atomic mass is 9.92. The van der Waals surface area contributed by atoms with Gasteiger partial charge in [-0.2, -0.15) is 0 Å². The van der Waals surface area contributed by atoms with Gasteiger partial charge in [0.2, 0.25) is 11.8 Å². The van der Waals surface area contributed by atoms with Gasteiger partial charge in [0, 0.05) is 12.8 Å². The minimum absolute atomic E-state index is 0.0634. The minimum atomic E-state index is -0.847. The zero-order valence-electron chi connectivity index (χ0n) is 11.5. The van der Waals surface area contributed by atoms with Crippen LogP contribution < -0.4 is 4.90 Å². The van der Waals surface area contributed by atoms with E-state index < -0.39 is 11.4 Å². The third kappa shape index (κ3) is 2.71. The SMILES string of the molecule is CC1(C)CC(=O)N(c2ccc(CCC(=O)O)cc2)C1=O. The fourth-order valence-corrected chi connectivity index (χ4v) is 2.27. The van der Waals surface area contributed by atoms with Gasteiger partial charge in [-0.3, -0.25) is 19.3 Å². The summed E-state index contributed by atoms with van der Waals surface area (Å²) in [6.07, 6.45) is 0.712. The second-order valence-electron chi connectivity index (χ2n) is 5.66. The van der Waals surface area contributed by atoms with E-state index in [4.69, 9.17) is 5.11 Å². The van der Waals surface area contributed by atoms with Crippen LogP contribution in [0.2, 0.25) is 0 Å². The Kier molecular flexibility index (Phi) is 3.61. The van der Waals surface area contributed by atoms with Crippen LogP contribution in [0.3, 0.4) is 0 Å². The third-order valence-electron chi connectivity index (χ3n) is 3.45. The molecule has 0 radical (unpaired) electrons. The van der Waals surface area contributed by atoms with E-state index in [9.17, 15) is 14.4 Å². The Bertz CT molecular complexity index is 560. The number of carboxylic acid groups (broad SMARTS) is 1. The van der Waals surface area contributed by atoms with Gasteiger partial charge in [0.25, 0.3) is 0 Å². The molecule has 0 atom stereocenters. The van der Waals surface area contributed by atoms with Crippen molar-refractivity contribution in [2.24, 2.45) is 5.41 Å². The first-order valence-corrected chi connectivity index (χ1v) is 6.49. The molecule has 20 heavy (non-hydrogen) atoms. The van der Waals surface area contributed by atoms with Gasteiger partial charge >= 0.3 is 5.97 Å². The van der Waals surface area contributed by atoms with E-state index in [1.165, 1.54) is 4.90 Å². The second-order valence-corrected chi connectivity index (χ2v) is 5.66. The highest BCUT2D eigenvalue weighted by atomic mass is 16.4. The quantitative estimate of drug-likeness (QED) is 0.853. The van der Waals surface area contributed by atoms with Crippen LogP contribution in [-0.4, -0.2) is 22.9 Å². The van der Waals surface area contributed by atoms with Gasteiger partial charge in [0.15, 0.2) is 0 Å². The maximum Gasteiger partial charge on any atom is 0.303 e. The smallest absolute Gasteiger partial charge is 0.303 e. The van der Waals surface area contributed by atoms with Crippen molar-refractivity contribution in [1.29, 1.82) is 0 Å². The van der Waals surface area contributed by atoms with E-state index in [1.807, 2.05) is 0 Å². The lowest BCUT2D eigenvalue weighted by Crippen LogP contribution is -2.32. The predicted molar refractivity (Wildman–Crippen MR) is 73.3 cm³/mol. The Hall–Kier alpha value is -2.17. The molecule has 0 unspecified atom stereocenters. The van der Waals surface area contributed by atoms with Gasteiger partial charge in [-0.1, -0.05) is 26.0 Å². The third-order valence-corrected chi connectivity index (χ3v) is 3.45. The average Bonchev–Trinajstić information content (AvgIpc) is 2.57. The number of rotatable bonds is 4. The Morgan fingerprint density at radius 1 is 1.25 bits per heavy atom. The number of benzene rings is 1. The van der Waals surface area contributed by atoms with Crippen molar-refractivity contribution in [3.05, 3.63) is 29.8 Å². The number of amides is 2. The van der Waals surface area contributed by atoms with Gasteiger partial charge in [0.05, 0.1) is 11.1 Å². The van der Waals surface area contributed by atoms with Crippen LogP contribution in [-0.2, 0) is 20.8 Å². The molecule has 106 valence electrons. The monoisotopic (exact) mass is 275 g/mol. The molecule has 0 spiro atoms. The standard InChI is InChI=1S/C15H17NO4/c1-15(2)9-12(17)16(14(15)20)11-6-3-10(4-7-11)5-8-13(18)19/h3-4,6-7H,5,8-9H2,1-2H3,(H,18,19). The van der Waals surface area contributed by atoms with Crippen molar-refractivity contribution in [2.45, 2.75) is 33.1 Å². The maximum absolute atomic E-state index is 12.2. The molecular weight excluding hydrogens is 258 g/mol. The molecule has 1 saturated heterocycles. The highest BCUT2D eigenvalue weighted by Gasteiger charge is 2.45. The van der Waals surface area contributed by atoms with Crippen LogP contribution >= 0.6 is 0 Å². The first-order valence-electron chi connectivity index (χ1n) is 6.49. The second kappa shape index (κ2) is 5.07. The molecule has 5 heteroatoms. The van der Waals surface area contributed by atoms with Crippen LogP contribution in [0.5, 0.6) is 0 Å². The molecule has 2 amide bonds. The fourth-order valence-electron chi connectivity index (χ4n) is 2.27. The van der Waals surface area contributed by atoms with Crippen LogP contribution in [0.4, 0.5) is 5.69 Å². The van der Waals surface area contributed by atoms with E-state index in [0.717, 1.165) is 5.56 Å². The van der Waals surface area contributed by atoms with Gasteiger partial charge < -0.3 is 5.11 Å². The van der Waals surface area contributed by atoms with Crippen molar-refractivity contribution in [2.75, 3.05) is 4.90 Å². The highest BCUT2D eigenvalue weighted by molar-refractivity contribution is 6.22. The maximum atomic E-state index is 12.2. The zero-order valence-corrected chi connectivity index (χ0v) is 11.5. The minimum Gasteiger partial charge on any atom is -0.481 e. The first-order chi connectivity index (χ1) is 9.31.